The van der Waals surface area contributed by atoms with Crippen molar-refractivity contribution in [1.29, 1.82) is 0 Å². The predicted molar refractivity (Wildman–Crippen MR) is 128 cm³/mol. The van der Waals surface area contributed by atoms with E-state index in [2.05, 4.69) is 31.5 Å². The molecule has 162 valence electrons. The first kappa shape index (κ1) is 22.0. The van der Waals surface area contributed by atoms with Gasteiger partial charge in [-0.1, -0.05) is 36.4 Å². The molecular weight excluding hydrogens is 476 g/mol. The molecule has 1 amide bonds. The van der Waals surface area contributed by atoms with Crippen LogP contribution in [-0.2, 0) is 17.6 Å². The van der Waals surface area contributed by atoms with E-state index in [-0.39, 0.29) is 18.4 Å². The molecule has 8 heteroatoms. The number of halogens is 1. The van der Waals surface area contributed by atoms with Gasteiger partial charge in [0.2, 0.25) is 5.91 Å². The molecule has 1 fully saturated rings. The van der Waals surface area contributed by atoms with Crippen molar-refractivity contribution >= 4 is 44.0 Å². The van der Waals surface area contributed by atoms with Crippen molar-refractivity contribution in [3.05, 3.63) is 75.2 Å². The number of nitrogens with two attached hydrogens (primary N) is 1. The zero-order valence-corrected chi connectivity index (χ0v) is 19.3. The number of benzene rings is 2. The highest BCUT2D eigenvalue weighted by Gasteiger charge is 2.29. The molecule has 0 radical (unpaired) electrons. The van der Waals surface area contributed by atoms with E-state index in [1.165, 1.54) is 16.9 Å². The highest BCUT2D eigenvalue weighted by atomic mass is 79.9. The monoisotopic (exact) mass is 500 g/mol. The molecule has 3 atom stereocenters. The van der Waals surface area contributed by atoms with Crippen molar-refractivity contribution in [3.8, 4) is 0 Å². The Morgan fingerprint density at radius 1 is 1.29 bits per heavy atom. The third-order valence-corrected chi connectivity index (χ3v) is 6.88. The Kier molecular flexibility index (Phi) is 7.02. The number of rotatable bonds is 7. The van der Waals surface area contributed by atoms with Gasteiger partial charge in [-0.25, -0.2) is 4.98 Å². The van der Waals surface area contributed by atoms with Gasteiger partial charge in [0.1, 0.15) is 0 Å². The lowest BCUT2D eigenvalue weighted by Gasteiger charge is -2.20. The van der Waals surface area contributed by atoms with Crippen LogP contribution in [0.5, 0.6) is 0 Å². The molecule has 0 aliphatic carbocycles. The second-order valence-corrected chi connectivity index (χ2v) is 9.57. The standard InChI is InChI=1S/C23H25BrN4O2S/c24-18-11-14(6-8-19(18)28-21(29)12-17-13-31-23(25)27-17)10-16-7-9-20(26-16)22(30)15-4-2-1-3-5-15/h1-6,8,11,13,16,20,22,26,30H,7,9-10,12H2,(H2,25,27)(H,28,29)/t16-,20?,22+/m0/s1. The topological polar surface area (TPSA) is 100 Å². The van der Waals surface area contributed by atoms with E-state index < -0.39 is 6.10 Å². The van der Waals surface area contributed by atoms with Crippen LogP contribution < -0.4 is 16.4 Å². The van der Waals surface area contributed by atoms with Crippen LogP contribution in [0.4, 0.5) is 10.8 Å². The fourth-order valence-corrected chi connectivity index (χ4v) is 5.06. The number of amides is 1. The number of aliphatic hydroxyl groups is 1. The van der Waals surface area contributed by atoms with Gasteiger partial charge in [0.25, 0.3) is 0 Å². The van der Waals surface area contributed by atoms with Crippen LogP contribution in [0, 0.1) is 0 Å². The molecule has 0 spiro atoms. The molecule has 1 aliphatic heterocycles. The summed E-state index contributed by atoms with van der Waals surface area (Å²) >= 11 is 4.90. The van der Waals surface area contributed by atoms with Gasteiger partial charge >= 0.3 is 0 Å². The number of hydrogen-bond donors (Lipinski definition) is 4. The van der Waals surface area contributed by atoms with Gasteiger partial charge in [-0.15, -0.1) is 11.3 Å². The number of aliphatic hydroxyl groups excluding tert-OH is 1. The van der Waals surface area contributed by atoms with E-state index in [0.717, 1.165) is 35.0 Å². The van der Waals surface area contributed by atoms with Gasteiger partial charge in [0.15, 0.2) is 5.13 Å². The average molecular weight is 501 g/mol. The summed E-state index contributed by atoms with van der Waals surface area (Å²) in [6, 6.07) is 16.2. The Morgan fingerprint density at radius 3 is 2.81 bits per heavy atom. The number of carbonyl (C=O) groups excluding carboxylic acids is 1. The highest BCUT2D eigenvalue weighted by Crippen LogP contribution is 2.29. The van der Waals surface area contributed by atoms with Gasteiger partial charge < -0.3 is 21.5 Å². The lowest BCUT2D eigenvalue weighted by atomic mass is 10.0. The van der Waals surface area contributed by atoms with Crippen molar-refractivity contribution in [1.82, 2.24) is 10.3 Å². The Bertz CT molecular complexity index is 1040. The molecule has 31 heavy (non-hydrogen) atoms. The summed E-state index contributed by atoms with van der Waals surface area (Å²) in [5, 5.41) is 19.4. The molecule has 1 saturated heterocycles. The summed E-state index contributed by atoms with van der Waals surface area (Å²) in [5.41, 5.74) is 9.14. The second-order valence-electron chi connectivity index (χ2n) is 7.82. The van der Waals surface area contributed by atoms with Gasteiger partial charge in [-0.3, -0.25) is 4.79 Å². The molecule has 1 unspecified atom stereocenters. The average Bonchev–Trinajstić information content (AvgIpc) is 3.39. The minimum Gasteiger partial charge on any atom is -0.387 e. The third kappa shape index (κ3) is 5.71. The Labute approximate surface area is 194 Å². The zero-order valence-electron chi connectivity index (χ0n) is 16.9. The summed E-state index contributed by atoms with van der Waals surface area (Å²) in [4.78, 5) is 16.4. The van der Waals surface area contributed by atoms with Crippen molar-refractivity contribution < 1.29 is 9.90 Å². The third-order valence-electron chi connectivity index (χ3n) is 5.50. The first-order valence-electron chi connectivity index (χ1n) is 10.2. The van der Waals surface area contributed by atoms with Gasteiger partial charge in [0, 0.05) is 21.9 Å². The minimum absolute atomic E-state index is 0.0640. The number of nitrogens with zero attached hydrogens (tertiary/aromatic N) is 1. The molecule has 1 aliphatic rings. The van der Waals surface area contributed by atoms with Gasteiger partial charge in [-0.2, -0.15) is 0 Å². The molecular formula is C23H25BrN4O2S. The Hall–Kier alpha value is -2.26. The molecule has 3 aromatic rings. The first-order valence-corrected chi connectivity index (χ1v) is 11.9. The molecule has 2 heterocycles. The van der Waals surface area contributed by atoms with E-state index in [0.29, 0.717) is 16.9 Å². The number of aromatic nitrogens is 1. The molecule has 6 nitrogen and oxygen atoms in total. The van der Waals surface area contributed by atoms with E-state index >= 15 is 0 Å². The van der Waals surface area contributed by atoms with Crippen LogP contribution in [0.15, 0.2) is 58.4 Å². The maximum atomic E-state index is 12.3. The van der Waals surface area contributed by atoms with Crippen LogP contribution >= 0.6 is 27.3 Å². The summed E-state index contributed by atoms with van der Waals surface area (Å²) in [6.45, 7) is 0. The smallest absolute Gasteiger partial charge is 0.230 e. The van der Waals surface area contributed by atoms with Crippen LogP contribution in [0.1, 0.15) is 35.8 Å². The number of carbonyl (C=O) groups is 1. The molecule has 4 rings (SSSR count). The van der Waals surface area contributed by atoms with Crippen molar-refractivity contribution in [3.63, 3.8) is 0 Å². The van der Waals surface area contributed by atoms with E-state index in [9.17, 15) is 9.90 Å². The SMILES string of the molecule is Nc1nc(CC(=O)Nc2ccc(C[C@@H]3CCC([C@H](O)c4ccccc4)N3)cc2Br)cs1. The molecule has 5 N–H and O–H groups in total. The predicted octanol–water partition coefficient (Wildman–Crippen LogP) is 4.07. The number of nitrogens with one attached hydrogen (secondary N) is 2. The maximum absolute atomic E-state index is 12.3. The quantitative estimate of drug-likeness (QED) is 0.391. The summed E-state index contributed by atoms with van der Waals surface area (Å²) in [7, 11) is 0. The normalized spacial score (nSPS) is 19.3. The molecule has 0 saturated carbocycles. The van der Waals surface area contributed by atoms with Crippen LogP contribution in [-0.4, -0.2) is 28.1 Å². The Balaban J connectivity index is 1.31. The number of thiazole rings is 1. The fraction of sp³-hybridized carbons (Fsp3) is 0.304. The van der Waals surface area contributed by atoms with E-state index in [4.69, 9.17) is 5.73 Å². The van der Waals surface area contributed by atoms with Crippen molar-refractivity contribution in [2.75, 3.05) is 11.1 Å². The van der Waals surface area contributed by atoms with Gasteiger partial charge in [0.05, 0.1) is 23.9 Å². The lowest BCUT2D eigenvalue weighted by molar-refractivity contribution is -0.115. The Morgan fingerprint density at radius 2 is 2.10 bits per heavy atom. The van der Waals surface area contributed by atoms with Crippen molar-refractivity contribution in [2.45, 2.75) is 43.9 Å². The molecule has 1 aromatic heterocycles. The summed E-state index contributed by atoms with van der Waals surface area (Å²) in [6.07, 6.45) is 2.52. The van der Waals surface area contributed by atoms with E-state index in [1.54, 1.807) is 5.38 Å². The zero-order chi connectivity index (χ0) is 21.8. The van der Waals surface area contributed by atoms with Crippen LogP contribution in [0.2, 0.25) is 0 Å². The van der Waals surface area contributed by atoms with Crippen LogP contribution in [0.25, 0.3) is 0 Å². The summed E-state index contributed by atoms with van der Waals surface area (Å²) < 4.78 is 0.843. The lowest BCUT2D eigenvalue weighted by Crippen LogP contribution is -2.35. The minimum atomic E-state index is -0.497. The number of hydrogen-bond acceptors (Lipinski definition) is 6. The fourth-order valence-electron chi connectivity index (χ4n) is 3.98. The largest absolute Gasteiger partial charge is 0.387 e. The molecule has 0 bridgehead atoms. The second kappa shape index (κ2) is 9.91. The van der Waals surface area contributed by atoms with Gasteiger partial charge in [-0.05, 0) is 58.5 Å². The molecule has 2 aromatic carbocycles. The highest BCUT2D eigenvalue weighted by molar-refractivity contribution is 9.10. The first-order chi connectivity index (χ1) is 15.0. The maximum Gasteiger partial charge on any atom is 0.230 e. The number of anilines is 2. The number of nitrogen functional groups attached to an aromatic ring is 1. The summed E-state index contributed by atoms with van der Waals surface area (Å²) in [5.74, 6) is -0.131. The van der Waals surface area contributed by atoms with Crippen LogP contribution in [0.3, 0.4) is 0 Å². The van der Waals surface area contributed by atoms with E-state index in [1.807, 2.05) is 48.5 Å². The van der Waals surface area contributed by atoms with Crippen molar-refractivity contribution in [2.24, 2.45) is 0 Å².